The molecule has 0 aliphatic rings. The van der Waals surface area contributed by atoms with Crippen molar-refractivity contribution in [2.75, 3.05) is 11.9 Å². The molecule has 1 N–H and O–H groups in total. The standard InChI is InChI=1S/C14H19N3O/c1-3-17-10-9-15-14(17)11-16-12-5-7-13(8-6-12)18-4-2/h5-10,16H,3-4,11H2,1-2H3. The molecule has 2 rings (SSSR count). The molecule has 0 atom stereocenters. The second-order valence-corrected chi connectivity index (χ2v) is 3.94. The monoisotopic (exact) mass is 245 g/mol. The number of aromatic nitrogens is 2. The number of nitrogens with zero attached hydrogens (tertiary/aromatic N) is 2. The van der Waals surface area contributed by atoms with Crippen molar-refractivity contribution in [1.29, 1.82) is 0 Å². The molecule has 0 amide bonds. The summed E-state index contributed by atoms with van der Waals surface area (Å²) in [5, 5.41) is 3.35. The number of rotatable bonds is 6. The van der Waals surface area contributed by atoms with E-state index in [1.807, 2.05) is 43.6 Å². The highest BCUT2D eigenvalue weighted by atomic mass is 16.5. The van der Waals surface area contributed by atoms with Crippen LogP contribution in [0.15, 0.2) is 36.7 Å². The molecule has 0 radical (unpaired) electrons. The van der Waals surface area contributed by atoms with Gasteiger partial charge >= 0.3 is 0 Å². The van der Waals surface area contributed by atoms with Crippen LogP contribution in [0, 0.1) is 0 Å². The summed E-state index contributed by atoms with van der Waals surface area (Å²) in [5.74, 6) is 1.95. The van der Waals surface area contributed by atoms with Gasteiger partial charge < -0.3 is 14.6 Å². The predicted molar refractivity (Wildman–Crippen MR) is 72.8 cm³/mol. The average molecular weight is 245 g/mol. The van der Waals surface area contributed by atoms with Gasteiger partial charge in [-0.2, -0.15) is 0 Å². The number of aryl methyl sites for hydroxylation is 1. The zero-order valence-corrected chi connectivity index (χ0v) is 10.9. The zero-order valence-electron chi connectivity index (χ0n) is 10.9. The Morgan fingerprint density at radius 1 is 1.22 bits per heavy atom. The molecule has 18 heavy (non-hydrogen) atoms. The highest BCUT2D eigenvalue weighted by molar-refractivity contribution is 5.46. The van der Waals surface area contributed by atoms with Gasteiger partial charge in [0.15, 0.2) is 0 Å². The summed E-state index contributed by atoms with van der Waals surface area (Å²) in [4.78, 5) is 4.32. The van der Waals surface area contributed by atoms with Crippen molar-refractivity contribution < 1.29 is 4.74 Å². The van der Waals surface area contributed by atoms with Gasteiger partial charge in [0.25, 0.3) is 0 Å². The molecule has 96 valence electrons. The number of anilines is 1. The van der Waals surface area contributed by atoms with Crippen LogP contribution in [-0.4, -0.2) is 16.2 Å². The minimum absolute atomic E-state index is 0.695. The van der Waals surface area contributed by atoms with Crippen molar-refractivity contribution in [2.24, 2.45) is 0 Å². The third-order valence-electron chi connectivity index (χ3n) is 2.76. The van der Waals surface area contributed by atoms with Gasteiger partial charge in [-0.3, -0.25) is 0 Å². The lowest BCUT2D eigenvalue weighted by Gasteiger charge is -2.09. The van der Waals surface area contributed by atoms with Crippen molar-refractivity contribution in [2.45, 2.75) is 26.9 Å². The number of ether oxygens (including phenoxy) is 1. The first-order valence-electron chi connectivity index (χ1n) is 6.30. The summed E-state index contributed by atoms with van der Waals surface area (Å²) in [6.07, 6.45) is 3.83. The first-order chi connectivity index (χ1) is 8.83. The number of nitrogens with one attached hydrogen (secondary N) is 1. The van der Waals surface area contributed by atoms with Crippen LogP contribution in [0.25, 0.3) is 0 Å². The van der Waals surface area contributed by atoms with Crippen LogP contribution in [0.2, 0.25) is 0 Å². The van der Waals surface area contributed by atoms with Crippen LogP contribution in [-0.2, 0) is 13.1 Å². The largest absolute Gasteiger partial charge is 0.494 e. The van der Waals surface area contributed by atoms with Gasteiger partial charge in [0.1, 0.15) is 11.6 Å². The maximum atomic E-state index is 5.40. The minimum atomic E-state index is 0.695. The van der Waals surface area contributed by atoms with Gasteiger partial charge in [-0.05, 0) is 38.1 Å². The molecule has 0 spiro atoms. The van der Waals surface area contributed by atoms with E-state index >= 15 is 0 Å². The summed E-state index contributed by atoms with van der Waals surface area (Å²) < 4.78 is 7.53. The zero-order chi connectivity index (χ0) is 12.8. The lowest BCUT2D eigenvalue weighted by molar-refractivity contribution is 0.340. The van der Waals surface area contributed by atoms with Gasteiger partial charge in [0.2, 0.25) is 0 Å². The molecule has 1 aromatic heterocycles. The maximum absolute atomic E-state index is 5.40. The fourth-order valence-electron chi connectivity index (χ4n) is 1.81. The highest BCUT2D eigenvalue weighted by Gasteiger charge is 2.00. The summed E-state index contributed by atoms with van der Waals surface area (Å²) in [5.41, 5.74) is 1.07. The van der Waals surface area contributed by atoms with Crippen LogP contribution < -0.4 is 10.1 Å². The van der Waals surface area contributed by atoms with E-state index in [1.54, 1.807) is 0 Å². The van der Waals surface area contributed by atoms with E-state index in [4.69, 9.17) is 4.74 Å². The molecular formula is C14H19N3O. The van der Waals surface area contributed by atoms with Gasteiger partial charge in [-0.15, -0.1) is 0 Å². The van der Waals surface area contributed by atoms with Crippen LogP contribution in [0.5, 0.6) is 5.75 Å². The van der Waals surface area contributed by atoms with E-state index in [1.165, 1.54) is 0 Å². The van der Waals surface area contributed by atoms with Crippen LogP contribution in [0.4, 0.5) is 5.69 Å². The number of hydrogen-bond acceptors (Lipinski definition) is 3. The third kappa shape index (κ3) is 3.03. The Morgan fingerprint density at radius 3 is 2.67 bits per heavy atom. The van der Waals surface area contributed by atoms with E-state index in [-0.39, 0.29) is 0 Å². The Kier molecular flexibility index (Phi) is 4.23. The maximum Gasteiger partial charge on any atom is 0.128 e. The van der Waals surface area contributed by atoms with E-state index in [0.717, 1.165) is 30.4 Å². The van der Waals surface area contributed by atoms with Crippen LogP contribution in [0.1, 0.15) is 19.7 Å². The smallest absolute Gasteiger partial charge is 0.128 e. The van der Waals surface area contributed by atoms with Gasteiger partial charge in [0, 0.05) is 24.6 Å². The fraction of sp³-hybridized carbons (Fsp3) is 0.357. The number of hydrogen-bond donors (Lipinski definition) is 1. The van der Waals surface area contributed by atoms with Gasteiger partial charge in [0.05, 0.1) is 13.2 Å². The SMILES string of the molecule is CCOc1ccc(NCc2nccn2CC)cc1. The molecule has 0 aliphatic heterocycles. The number of benzene rings is 1. The van der Waals surface area contributed by atoms with Crippen molar-refractivity contribution in [1.82, 2.24) is 9.55 Å². The molecule has 0 saturated heterocycles. The molecule has 0 unspecified atom stereocenters. The van der Waals surface area contributed by atoms with E-state index in [0.29, 0.717) is 6.61 Å². The lowest BCUT2D eigenvalue weighted by Crippen LogP contribution is -2.07. The van der Waals surface area contributed by atoms with Gasteiger partial charge in [-0.1, -0.05) is 0 Å². The molecule has 0 saturated carbocycles. The highest BCUT2D eigenvalue weighted by Crippen LogP contribution is 2.16. The second-order valence-electron chi connectivity index (χ2n) is 3.94. The Morgan fingerprint density at radius 2 is 2.00 bits per heavy atom. The predicted octanol–water partition coefficient (Wildman–Crippen LogP) is 2.91. The molecule has 2 aromatic rings. The van der Waals surface area contributed by atoms with Crippen molar-refractivity contribution in [3.05, 3.63) is 42.5 Å². The quantitative estimate of drug-likeness (QED) is 0.850. The molecule has 4 heteroatoms. The first-order valence-corrected chi connectivity index (χ1v) is 6.30. The van der Waals surface area contributed by atoms with Crippen LogP contribution in [0.3, 0.4) is 0 Å². The van der Waals surface area contributed by atoms with Crippen molar-refractivity contribution in [3.8, 4) is 5.75 Å². The van der Waals surface area contributed by atoms with E-state index < -0.39 is 0 Å². The summed E-state index contributed by atoms with van der Waals surface area (Å²) in [6, 6.07) is 7.98. The fourth-order valence-corrected chi connectivity index (χ4v) is 1.81. The molecule has 1 heterocycles. The molecular weight excluding hydrogens is 226 g/mol. The molecule has 1 aromatic carbocycles. The van der Waals surface area contributed by atoms with Crippen molar-refractivity contribution >= 4 is 5.69 Å². The molecule has 4 nitrogen and oxygen atoms in total. The third-order valence-corrected chi connectivity index (χ3v) is 2.76. The Balaban J connectivity index is 1.94. The summed E-state index contributed by atoms with van der Waals surface area (Å²) in [6.45, 7) is 6.47. The summed E-state index contributed by atoms with van der Waals surface area (Å²) >= 11 is 0. The Hall–Kier alpha value is -1.97. The lowest BCUT2D eigenvalue weighted by atomic mass is 10.3. The van der Waals surface area contributed by atoms with Crippen LogP contribution >= 0.6 is 0 Å². The first kappa shape index (κ1) is 12.5. The molecule has 0 fully saturated rings. The van der Waals surface area contributed by atoms with E-state index in [2.05, 4.69) is 21.8 Å². The summed E-state index contributed by atoms with van der Waals surface area (Å²) in [7, 11) is 0. The number of imidazole rings is 1. The van der Waals surface area contributed by atoms with Gasteiger partial charge in [-0.25, -0.2) is 4.98 Å². The normalized spacial score (nSPS) is 10.3. The molecule has 0 aliphatic carbocycles. The Bertz CT molecular complexity index is 476. The topological polar surface area (TPSA) is 39.1 Å². The minimum Gasteiger partial charge on any atom is -0.494 e. The second kappa shape index (κ2) is 6.10. The van der Waals surface area contributed by atoms with Crippen molar-refractivity contribution in [3.63, 3.8) is 0 Å². The average Bonchev–Trinajstić information content (AvgIpc) is 2.86. The Labute approximate surface area is 108 Å². The molecule has 0 bridgehead atoms. The van der Waals surface area contributed by atoms with E-state index in [9.17, 15) is 0 Å².